The van der Waals surface area contributed by atoms with E-state index in [4.69, 9.17) is 10.6 Å². The first-order valence-corrected chi connectivity index (χ1v) is 5.91. The normalized spacial score (nSPS) is 19.4. The van der Waals surface area contributed by atoms with Crippen LogP contribution in [0.3, 0.4) is 0 Å². The fourth-order valence-electron chi connectivity index (χ4n) is 1.85. The van der Waals surface area contributed by atoms with E-state index in [1.165, 1.54) is 0 Å². The van der Waals surface area contributed by atoms with Crippen molar-refractivity contribution < 1.29 is 19.1 Å². The second-order valence-corrected chi connectivity index (χ2v) is 4.29. The smallest absolute Gasteiger partial charge is 0.318 e. The standard InChI is InChI=1S/C13H14N2O4/c14-15-11(16)7-6-10(12(15)17)13(18)19-8-9-4-2-1-3-5-9/h1-5,10H,6-8,14H2. The molecule has 2 N–H and O–H groups in total. The highest BCUT2D eigenvalue weighted by Crippen LogP contribution is 2.18. The van der Waals surface area contributed by atoms with E-state index in [2.05, 4.69) is 0 Å². The number of nitrogens with zero attached hydrogens (tertiary/aromatic N) is 1. The molecule has 0 aromatic heterocycles. The molecule has 0 radical (unpaired) electrons. The van der Waals surface area contributed by atoms with Gasteiger partial charge in [0.2, 0.25) is 5.91 Å². The van der Waals surface area contributed by atoms with Crippen LogP contribution in [-0.4, -0.2) is 22.8 Å². The molecule has 0 bridgehead atoms. The Bertz CT molecular complexity index is 501. The molecule has 100 valence electrons. The van der Waals surface area contributed by atoms with E-state index in [0.717, 1.165) is 5.56 Å². The maximum Gasteiger partial charge on any atom is 0.318 e. The second kappa shape index (κ2) is 5.62. The van der Waals surface area contributed by atoms with Crippen molar-refractivity contribution in [2.24, 2.45) is 11.8 Å². The topological polar surface area (TPSA) is 89.7 Å². The number of imide groups is 1. The Morgan fingerprint density at radius 1 is 1.32 bits per heavy atom. The number of hydrogen-bond acceptors (Lipinski definition) is 5. The number of ether oxygens (including phenoxy) is 1. The van der Waals surface area contributed by atoms with Crippen molar-refractivity contribution in [3.63, 3.8) is 0 Å². The minimum absolute atomic E-state index is 0.0767. The quantitative estimate of drug-likeness (QED) is 0.279. The molecular weight excluding hydrogens is 248 g/mol. The van der Waals surface area contributed by atoms with Crippen LogP contribution in [0.4, 0.5) is 0 Å². The zero-order valence-corrected chi connectivity index (χ0v) is 10.2. The fraction of sp³-hybridized carbons (Fsp3) is 0.308. The first kappa shape index (κ1) is 13.2. The molecule has 1 heterocycles. The van der Waals surface area contributed by atoms with Crippen LogP contribution in [0.2, 0.25) is 0 Å². The van der Waals surface area contributed by atoms with Crippen molar-refractivity contribution in [1.82, 2.24) is 5.01 Å². The molecular formula is C13H14N2O4. The maximum absolute atomic E-state index is 11.8. The van der Waals surface area contributed by atoms with Gasteiger partial charge >= 0.3 is 5.97 Å². The third-order valence-electron chi connectivity index (χ3n) is 2.96. The van der Waals surface area contributed by atoms with E-state index in [-0.39, 0.29) is 19.4 Å². The molecule has 6 nitrogen and oxygen atoms in total. The lowest BCUT2D eigenvalue weighted by molar-refractivity contribution is -0.163. The molecule has 1 aromatic carbocycles. The second-order valence-electron chi connectivity index (χ2n) is 4.29. The number of esters is 1. The summed E-state index contributed by atoms with van der Waals surface area (Å²) in [7, 11) is 0. The van der Waals surface area contributed by atoms with E-state index in [1.807, 2.05) is 30.3 Å². The number of piperidine rings is 1. The van der Waals surface area contributed by atoms with Crippen LogP contribution in [0.5, 0.6) is 0 Å². The molecule has 0 saturated carbocycles. The van der Waals surface area contributed by atoms with Crippen LogP contribution in [0, 0.1) is 5.92 Å². The van der Waals surface area contributed by atoms with Gasteiger partial charge in [-0.1, -0.05) is 30.3 Å². The first-order valence-electron chi connectivity index (χ1n) is 5.91. The molecule has 1 aromatic rings. The third-order valence-corrected chi connectivity index (χ3v) is 2.96. The lowest BCUT2D eigenvalue weighted by atomic mass is 9.98. The minimum Gasteiger partial charge on any atom is -0.460 e. The minimum atomic E-state index is -0.980. The van der Waals surface area contributed by atoms with E-state index in [1.54, 1.807) is 0 Å². The van der Waals surface area contributed by atoms with Crippen LogP contribution in [0.1, 0.15) is 18.4 Å². The van der Waals surface area contributed by atoms with Gasteiger partial charge in [-0.3, -0.25) is 14.4 Å². The zero-order chi connectivity index (χ0) is 13.8. The van der Waals surface area contributed by atoms with E-state index in [0.29, 0.717) is 5.01 Å². The average molecular weight is 262 g/mol. The number of amides is 2. The predicted molar refractivity (Wildman–Crippen MR) is 65.0 cm³/mol. The van der Waals surface area contributed by atoms with E-state index in [9.17, 15) is 14.4 Å². The van der Waals surface area contributed by atoms with Crippen LogP contribution in [0.15, 0.2) is 30.3 Å². The van der Waals surface area contributed by atoms with Gasteiger partial charge in [0.1, 0.15) is 12.5 Å². The summed E-state index contributed by atoms with van der Waals surface area (Å²) in [6.45, 7) is 0.0992. The van der Waals surface area contributed by atoms with Gasteiger partial charge in [0, 0.05) is 6.42 Å². The number of nitrogens with two attached hydrogens (primary N) is 1. The fourth-order valence-corrected chi connectivity index (χ4v) is 1.85. The van der Waals surface area contributed by atoms with Gasteiger partial charge in [0.05, 0.1) is 0 Å². The molecule has 0 aliphatic carbocycles. The predicted octanol–water partition coefficient (Wildman–Crippen LogP) is 0.369. The summed E-state index contributed by atoms with van der Waals surface area (Å²) in [5.41, 5.74) is 0.833. The van der Waals surface area contributed by atoms with Crippen LogP contribution in [0.25, 0.3) is 0 Å². The van der Waals surface area contributed by atoms with Crippen molar-refractivity contribution >= 4 is 17.8 Å². The Balaban J connectivity index is 1.93. The molecule has 1 aliphatic rings. The van der Waals surface area contributed by atoms with Gasteiger partial charge in [-0.2, -0.15) is 0 Å². The summed E-state index contributed by atoms with van der Waals surface area (Å²) in [6.07, 6.45) is 0.229. The lowest BCUT2D eigenvalue weighted by Gasteiger charge is -2.25. The van der Waals surface area contributed by atoms with Gasteiger partial charge < -0.3 is 4.74 Å². The lowest BCUT2D eigenvalue weighted by Crippen LogP contribution is -2.51. The van der Waals surface area contributed by atoms with Gasteiger partial charge in [0.25, 0.3) is 5.91 Å². The molecule has 2 amide bonds. The van der Waals surface area contributed by atoms with Crippen molar-refractivity contribution in [2.45, 2.75) is 19.4 Å². The summed E-state index contributed by atoms with van der Waals surface area (Å²) in [5, 5.41) is 0.498. The third kappa shape index (κ3) is 2.97. The number of rotatable bonds is 3. The number of hydrazine groups is 1. The van der Waals surface area contributed by atoms with Crippen LogP contribution >= 0.6 is 0 Å². The summed E-state index contributed by atoms with van der Waals surface area (Å²) in [6, 6.07) is 9.14. The van der Waals surface area contributed by atoms with E-state index < -0.39 is 23.7 Å². The van der Waals surface area contributed by atoms with Crippen molar-refractivity contribution in [2.75, 3.05) is 0 Å². The summed E-state index contributed by atoms with van der Waals surface area (Å²) < 4.78 is 5.07. The number of carbonyl (C=O) groups excluding carboxylic acids is 3. The van der Waals surface area contributed by atoms with Gasteiger partial charge in [0.15, 0.2) is 0 Å². The van der Waals surface area contributed by atoms with Crippen LogP contribution in [-0.2, 0) is 25.7 Å². The number of benzene rings is 1. The molecule has 1 fully saturated rings. The van der Waals surface area contributed by atoms with Gasteiger partial charge in [-0.15, -0.1) is 0 Å². The molecule has 6 heteroatoms. The molecule has 19 heavy (non-hydrogen) atoms. The highest BCUT2D eigenvalue weighted by molar-refractivity contribution is 6.06. The maximum atomic E-state index is 11.8. The monoisotopic (exact) mass is 262 g/mol. The van der Waals surface area contributed by atoms with Crippen LogP contribution < -0.4 is 5.84 Å². The van der Waals surface area contributed by atoms with Crippen molar-refractivity contribution in [3.8, 4) is 0 Å². The Morgan fingerprint density at radius 2 is 2.00 bits per heavy atom. The summed E-state index contributed by atoms with van der Waals surface area (Å²) >= 11 is 0. The average Bonchev–Trinajstić information content (AvgIpc) is 2.43. The molecule has 2 rings (SSSR count). The summed E-state index contributed by atoms with van der Waals surface area (Å²) in [5.74, 6) is 2.49. The molecule has 1 aliphatic heterocycles. The highest BCUT2D eigenvalue weighted by Gasteiger charge is 2.38. The highest BCUT2D eigenvalue weighted by atomic mass is 16.5. The number of hydrogen-bond donors (Lipinski definition) is 1. The van der Waals surface area contributed by atoms with Crippen molar-refractivity contribution in [1.29, 1.82) is 0 Å². The molecule has 1 atom stereocenters. The SMILES string of the molecule is NN1C(=O)CCC(C(=O)OCc2ccccc2)C1=O. The molecule has 0 spiro atoms. The Labute approximate surface area is 110 Å². The van der Waals surface area contributed by atoms with Gasteiger partial charge in [-0.25, -0.2) is 10.9 Å². The van der Waals surface area contributed by atoms with Gasteiger partial charge in [-0.05, 0) is 12.0 Å². The number of carbonyl (C=O) groups is 3. The Morgan fingerprint density at radius 3 is 2.68 bits per heavy atom. The molecule has 1 saturated heterocycles. The summed E-state index contributed by atoms with van der Waals surface area (Å²) in [4.78, 5) is 34.6. The molecule has 1 unspecified atom stereocenters. The zero-order valence-electron chi connectivity index (χ0n) is 10.2. The first-order chi connectivity index (χ1) is 9.09. The Hall–Kier alpha value is -2.21. The van der Waals surface area contributed by atoms with E-state index >= 15 is 0 Å². The van der Waals surface area contributed by atoms with Crippen molar-refractivity contribution in [3.05, 3.63) is 35.9 Å². The Kier molecular flexibility index (Phi) is 3.91. The largest absolute Gasteiger partial charge is 0.460 e.